The van der Waals surface area contributed by atoms with E-state index >= 15 is 0 Å². The molecule has 1 aliphatic carbocycles. The second-order valence-corrected chi connectivity index (χ2v) is 5.86. The molecular formula is C18H22O3. The number of ketones is 2. The van der Waals surface area contributed by atoms with Crippen LogP contribution in [0.15, 0.2) is 23.5 Å². The van der Waals surface area contributed by atoms with Crippen molar-refractivity contribution in [2.24, 2.45) is 0 Å². The highest BCUT2D eigenvalue weighted by Gasteiger charge is 2.33. The van der Waals surface area contributed by atoms with Gasteiger partial charge in [-0.3, -0.25) is 9.59 Å². The molecule has 0 saturated heterocycles. The van der Waals surface area contributed by atoms with Crippen LogP contribution in [0.3, 0.4) is 0 Å². The molecule has 3 heteroatoms. The lowest BCUT2D eigenvalue weighted by atomic mass is 9.78. The zero-order chi connectivity index (χ0) is 15.7. The lowest BCUT2D eigenvalue weighted by Crippen LogP contribution is -2.24. The Morgan fingerprint density at radius 2 is 1.81 bits per heavy atom. The summed E-state index contributed by atoms with van der Waals surface area (Å²) in [4.78, 5) is 23.9. The molecule has 3 nitrogen and oxygen atoms in total. The van der Waals surface area contributed by atoms with Gasteiger partial charge in [0.15, 0.2) is 11.6 Å². The zero-order valence-electron chi connectivity index (χ0n) is 13.1. The summed E-state index contributed by atoms with van der Waals surface area (Å²) in [7, 11) is 0. The monoisotopic (exact) mass is 286 g/mol. The Balaban J connectivity index is 2.58. The van der Waals surface area contributed by atoms with Gasteiger partial charge in [-0.2, -0.15) is 0 Å². The fraction of sp³-hybridized carbons (Fsp3) is 0.444. The van der Waals surface area contributed by atoms with Gasteiger partial charge in [0, 0.05) is 18.8 Å². The Morgan fingerprint density at radius 1 is 1.24 bits per heavy atom. The summed E-state index contributed by atoms with van der Waals surface area (Å²) < 4.78 is 0. The number of carbonyl (C=O) groups is 2. The van der Waals surface area contributed by atoms with E-state index in [1.807, 2.05) is 20.8 Å². The van der Waals surface area contributed by atoms with Gasteiger partial charge in [0.05, 0.1) is 5.57 Å². The molecule has 1 aromatic carbocycles. The molecule has 1 atom stereocenters. The molecule has 0 saturated carbocycles. The van der Waals surface area contributed by atoms with Crippen molar-refractivity contribution >= 4 is 11.6 Å². The smallest absolute Gasteiger partial charge is 0.169 e. The first-order chi connectivity index (χ1) is 9.86. The standard InChI is InChI=1S/C18H22O3/c1-5-14(19)17-15(20)7-6-13(18(17)21)16-11(3)8-10(2)9-12(16)4/h8-9,13,21H,5-7H2,1-4H3. The number of rotatable bonds is 3. The number of allylic oxidation sites excluding steroid dienone is 2. The van der Waals surface area contributed by atoms with Crippen molar-refractivity contribution < 1.29 is 14.7 Å². The first-order valence-electron chi connectivity index (χ1n) is 7.44. The number of aryl methyl sites for hydroxylation is 3. The van der Waals surface area contributed by atoms with Crippen LogP contribution in [0.2, 0.25) is 0 Å². The van der Waals surface area contributed by atoms with Crippen LogP contribution in [0.25, 0.3) is 0 Å². The van der Waals surface area contributed by atoms with Crippen LogP contribution in [-0.2, 0) is 9.59 Å². The average molecular weight is 286 g/mol. The van der Waals surface area contributed by atoms with Crippen LogP contribution in [0.5, 0.6) is 0 Å². The number of Topliss-reactive ketones (excluding diaryl/α,β-unsaturated/α-hetero) is 2. The van der Waals surface area contributed by atoms with Crippen LogP contribution in [0, 0.1) is 20.8 Å². The van der Waals surface area contributed by atoms with E-state index in [2.05, 4.69) is 12.1 Å². The number of hydrogen-bond donors (Lipinski definition) is 1. The van der Waals surface area contributed by atoms with E-state index in [0.717, 1.165) is 16.7 Å². The predicted octanol–water partition coefficient (Wildman–Crippen LogP) is 3.85. The molecule has 1 aliphatic rings. The fourth-order valence-corrected chi connectivity index (χ4v) is 3.35. The Morgan fingerprint density at radius 3 is 2.33 bits per heavy atom. The number of aliphatic hydroxyl groups excluding tert-OH is 1. The van der Waals surface area contributed by atoms with Crippen molar-refractivity contribution in [2.45, 2.75) is 52.9 Å². The molecule has 0 radical (unpaired) electrons. The second kappa shape index (κ2) is 5.84. The number of hydrogen-bond acceptors (Lipinski definition) is 3. The molecule has 2 rings (SSSR count). The Hall–Kier alpha value is -1.90. The van der Waals surface area contributed by atoms with E-state index in [4.69, 9.17) is 0 Å². The predicted molar refractivity (Wildman–Crippen MR) is 82.6 cm³/mol. The Kier molecular flexibility index (Phi) is 4.31. The SMILES string of the molecule is CCC(=O)C1=C(O)C(c2c(C)cc(C)cc2C)CCC1=O. The van der Waals surface area contributed by atoms with Gasteiger partial charge in [-0.05, 0) is 43.9 Å². The highest BCUT2D eigenvalue weighted by atomic mass is 16.3. The fourth-order valence-electron chi connectivity index (χ4n) is 3.35. The van der Waals surface area contributed by atoms with Gasteiger partial charge in [-0.15, -0.1) is 0 Å². The van der Waals surface area contributed by atoms with E-state index in [9.17, 15) is 14.7 Å². The first-order valence-corrected chi connectivity index (χ1v) is 7.44. The summed E-state index contributed by atoms with van der Waals surface area (Å²) >= 11 is 0. The van der Waals surface area contributed by atoms with Gasteiger partial charge in [0.1, 0.15) is 5.76 Å². The van der Waals surface area contributed by atoms with E-state index in [-0.39, 0.29) is 35.2 Å². The van der Waals surface area contributed by atoms with Crippen molar-refractivity contribution in [1.82, 2.24) is 0 Å². The minimum atomic E-state index is -0.260. The highest BCUT2D eigenvalue weighted by molar-refractivity contribution is 6.21. The molecule has 1 N–H and O–H groups in total. The van der Waals surface area contributed by atoms with Crippen LogP contribution in [-0.4, -0.2) is 16.7 Å². The number of carbonyl (C=O) groups excluding carboxylic acids is 2. The molecule has 1 aromatic rings. The van der Waals surface area contributed by atoms with Crippen molar-refractivity contribution in [3.8, 4) is 0 Å². The first kappa shape index (κ1) is 15.5. The summed E-state index contributed by atoms with van der Waals surface area (Å²) in [6, 6.07) is 4.15. The molecule has 0 spiro atoms. The van der Waals surface area contributed by atoms with Gasteiger partial charge in [0.25, 0.3) is 0 Å². The summed E-state index contributed by atoms with van der Waals surface area (Å²) in [6.45, 7) is 7.78. The molecule has 0 heterocycles. The van der Waals surface area contributed by atoms with Crippen molar-refractivity contribution in [3.05, 3.63) is 45.7 Å². The minimum Gasteiger partial charge on any atom is -0.511 e. The minimum absolute atomic E-state index is 0.0214. The largest absolute Gasteiger partial charge is 0.511 e. The maximum atomic E-state index is 12.0. The molecule has 0 bridgehead atoms. The molecule has 0 amide bonds. The Labute approximate surface area is 125 Å². The van der Waals surface area contributed by atoms with Gasteiger partial charge in [0.2, 0.25) is 0 Å². The van der Waals surface area contributed by atoms with Gasteiger partial charge in [-0.1, -0.05) is 24.6 Å². The van der Waals surface area contributed by atoms with Crippen molar-refractivity contribution in [2.75, 3.05) is 0 Å². The molecule has 0 fully saturated rings. The lowest BCUT2D eigenvalue weighted by molar-refractivity contribution is -0.122. The average Bonchev–Trinajstić information content (AvgIpc) is 2.40. The maximum absolute atomic E-state index is 12.0. The summed E-state index contributed by atoms with van der Waals surface area (Å²) in [6.07, 6.45) is 1.13. The zero-order valence-corrected chi connectivity index (χ0v) is 13.1. The second-order valence-electron chi connectivity index (χ2n) is 5.86. The highest BCUT2D eigenvalue weighted by Crippen LogP contribution is 2.38. The van der Waals surface area contributed by atoms with E-state index in [1.54, 1.807) is 6.92 Å². The van der Waals surface area contributed by atoms with Gasteiger partial charge in [-0.25, -0.2) is 0 Å². The summed E-state index contributed by atoms with van der Waals surface area (Å²) in [5.41, 5.74) is 4.44. The van der Waals surface area contributed by atoms with E-state index < -0.39 is 0 Å². The van der Waals surface area contributed by atoms with Crippen LogP contribution >= 0.6 is 0 Å². The molecule has 112 valence electrons. The summed E-state index contributed by atoms with van der Waals surface area (Å²) in [5.74, 6) is -0.760. The number of benzene rings is 1. The molecule has 0 aliphatic heterocycles. The van der Waals surface area contributed by atoms with E-state index in [0.29, 0.717) is 12.8 Å². The maximum Gasteiger partial charge on any atom is 0.169 e. The quantitative estimate of drug-likeness (QED) is 0.859. The molecule has 0 aromatic heterocycles. The molecular weight excluding hydrogens is 264 g/mol. The molecule has 1 unspecified atom stereocenters. The molecule has 21 heavy (non-hydrogen) atoms. The topological polar surface area (TPSA) is 54.4 Å². The van der Waals surface area contributed by atoms with Crippen molar-refractivity contribution in [1.29, 1.82) is 0 Å². The van der Waals surface area contributed by atoms with Crippen molar-refractivity contribution in [3.63, 3.8) is 0 Å². The van der Waals surface area contributed by atoms with Crippen LogP contribution in [0.1, 0.15) is 54.4 Å². The Bertz CT molecular complexity index is 615. The van der Waals surface area contributed by atoms with E-state index in [1.165, 1.54) is 5.56 Å². The van der Waals surface area contributed by atoms with Gasteiger partial charge < -0.3 is 5.11 Å². The third-order valence-electron chi connectivity index (χ3n) is 4.21. The number of aliphatic hydroxyl groups is 1. The third-order valence-corrected chi connectivity index (χ3v) is 4.21. The van der Waals surface area contributed by atoms with Crippen LogP contribution < -0.4 is 0 Å². The lowest BCUT2D eigenvalue weighted by Gasteiger charge is -2.26. The van der Waals surface area contributed by atoms with Gasteiger partial charge >= 0.3 is 0 Å². The normalized spacial score (nSPS) is 19.0. The van der Waals surface area contributed by atoms with Crippen LogP contribution in [0.4, 0.5) is 0 Å². The summed E-state index contributed by atoms with van der Waals surface area (Å²) in [5, 5.41) is 10.5. The third kappa shape index (κ3) is 2.78.